The molecule has 9 nitrogen and oxygen atoms in total. The van der Waals surface area contributed by atoms with Crippen molar-refractivity contribution in [3.8, 4) is 0 Å². The van der Waals surface area contributed by atoms with Gasteiger partial charge in [0.1, 0.15) is 0 Å². The summed E-state index contributed by atoms with van der Waals surface area (Å²) in [6.07, 6.45) is -4.26. The van der Waals surface area contributed by atoms with Crippen LogP contribution in [-0.2, 0) is 14.4 Å². The maximum Gasteiger partial charge on any atom is 0.335 e. The molecular formula is C21H21Cl2NO8. The standard InChI is InChI=1S/C11H12O3.C10H9Cl2NO5/c1-8(11(13)14)7-10(12)9-5-3-2-4-6-9;11-4-1-2-6(5(12)3-4)13-9(16)7(14)8(15)10(17)18/h2-6,8H,7H2,1H3,(H,13,14);1-3,7-8,14-15H,(H,13,16)(H,17,18). The summed E-state index contributed by atoms with van der Waals surface area (Å²) in [5.41, 5.74) is 0.711. The second kappa shape index (κ2) is 12.8. The highest BCUT2D eigenvalue weighted by molar-refractivity contribution is 6.36. The van der Waals surface area contributed by atoms with Crippen LogP contribution in [0.25, 0.3) is 0 Å². The fourth-order valence-electron chi connectivity index (χ4n) is 2.18. The topological polar surface area (TPSA) is 161 Å². The average molecular weight is 486 g/mol. The Bertz CT molecular complexity index is 968. The van der Waals surface area contributed by atoms with E-state index in [1.54, 1.807) is 24.3 Å². The van der Waals surface area contributed by atoms with E-state index in [4.69, 9.17) is 38.5 Å². The molecule has 0 aliphatic carbocycles. The number of carbonyl (C=O) groups excluding carboxylic acids is 2. The van der Waals surface area contributed by atoms with Crippen LogP contribution in [0, 0.1) is 5.92 Å². The quantitative estimate of drug-likeness (QED) is 0.356. The van der Waals surface area contributed by atoms with Gasteiger partial charge in [0, 0.05) is 17.0 Å². The molecule has 11 heteroatoms. The zero-order chi connectivity index (χ0) is 24.4. The first kappa shape index (κ1) is 27.1. The number of Topliss-reactive ketones (excluding diaryl/α,β-unsaturated/α-hetero) is 1. The fourth-order valence-corrected chi connectivity index (χ4v) is 2.64. The van der Waals surface area contributed by atoms with Gasteiger partial charge in [-0.1, -0.05) is 60.5 Å². The van der Waals surface area contributed by atoms with Crippen molar-refractivity contribution in [3.05, 3.63) is 64.1 Å². The van der Waals surface area contributed by atoms with Crippen LogP contribution in [0.1, 0.15) is 23.7 Å². The number of aliphatic hydroxyl groups excluding tert-OH is 2. The molecule has 172 valence electrons. The van der Waals surface area contributed by atoms with Gasteiger partial charge in [-0.2, -0.15) is 0 Å². The zero-order valence-electron chi connectivity index (χ0n) is 16.7. The molecule has 0 aliphatic rings. The number of halogens is 2. The van der Waals surface area contributed by atoms with E-state index >= 15 is 0 Å². The molecule has 3 atom stereocenters. The Labute approximate surface area is 193 Å². The molecule has 0 spiro atoms. The number of aliphatic hydroxyl groups is 2. The second-order valence-corrected chi connectivity index (χ2v) is 7.42. The molecule has 3 unspecified atom stereocenters. The molecular weight excluding hydrogens is 465 g/mol. The average Bonchev–Trinajstić information content (AvgIpc) is 2.75. The van der Waals surface area contributed by atoms with Crippen molar-refractivity contribution in [1.82, 2.24) is 0 Å². The molecule has 0 saturated heterocycles. The van der Waals surface area contributed by atoms with Crippen molar-refractivity contribution < 1.29 is 39.6 Å². The van der Waals surface area contributed by atoms with E-state index in [2.05, 4.69) is 5.32 Å². The van der Waals surface area contributed by atoms with Crippen LogP contribution < -0.4 is 5.32 Å². The van der Waals surface area contributed by atoms with Crippen LogP contribution in [-0.4, -0.2) is 56.3 Å². The lowest BCUT2D eigenvalue weighted by Crippen LogP contribution is -2.42. The van der Waals surface area contributed by atoms with Crippen molar-refractivity contribution in [2.24, 2.45) is 5.92 Å². The molecule has 2 rings (SSSR count). The van der Waals surface area contributed by atoms with Crippen LogP contribution in [0.5, 0.6) is 0 Å². The van der Waals surface area contributed by atoms with E-state index < -0.39 is 36.0 Å². The monoisotopic (exact) mass is 485 g/mol. The lowest BCUT2D eigenvalue weighted by Gasteiger charge is -2.14. The number of hydrogen-bond acceptors (Lipinski definition) is 6. The van der Waals surface area contributed by atoms with Gasteiger partial charge in [0.05, 0.1) is 16.6 Å². The number of carboxylic acids is 2. The van der Waals surface area contributed by atoms with Crippen molar-refractivity contribution >= 4 is 52.5 Å². The zero-order valence-corrected chi connectivity index (χ0v) is 18.2. The molecule has 0 fully saturated rings. The van der Waals surface area contributed by atoms with Crippen LogP contribution >= 0.6 is 23.2 Å². The van der Waals surface area contributed by atoms with Crippen LogP contribution in [0.3, 0.4) is 0 Å². The minimum absolute atomic E-state index is 0.0549. The summed E-state index contributed by atoms with van der Waals surface area (Å²) < 4.78 is 0. The Morgan fingerprint density at radius 1 is 0.906 bits per heavy atom. The highest BCUT2D eigenvalue weighted by Gasteiger charge is 2.30. The van der Waals surface area contributed by atoms with E-state index in [0.29, 0.717) is 10.6 Å². The predicted molar refractivity (Wildman–Crippen MR) is 117 cm³/mol. The SMILES string of the molecule is CC(CC(=O)c1ccccc1)C(=O)O.O=C(O)C(O)C(O)C(=O)Nc1ccc(Cl)cc1Cl. The number of rotatable bonds is 8. The number of ketones is 1. The predicted octanol–water partition coefficient (Wildman–Crippen LogP) is 2.72. The van der Waals surface area contributed by atoms with E-state index in [9.17, 15) is 24.3 Å². The van der Waals surface area contributed by atoms with Gasteiger partial charge in [-0.3, -0.25) is 14.4 Å². The number of carboxylic acid groups (broad SMARTS) is 2. The first-order valence-corrected chi connectivity index (χ1v) is 9.85. The first-order valence-electron chi connectivity index (χ1n) is 9.10. The third-order valence-corrected chi connectivity index (χ3v) is 4.57. The van der Waals surface area contributed by atoms with Gasteiger partial charge in [0.15, 0.2) is 18.0 Å². The molecule has 32 heavy (non-hydrogen) atoms. The number of aliphatic carboxylic acids is 2. The fraction of sp³-hybridized carbons (Fsp3) is 0.238. The van der Waals surface area contributed by atoms with Crippen molar-refractivity contribution in [3.63, 3.8) is 0 Å². The Morgan fingerprint density at radius 3 is 2.00 bits per heavy atom. The Hall–Kier alpha value is -2.98. The number of anilines is 1. The molecule has 0 bridgehead atoms. The molecule has 0 radical (unpaired) electrons. The third-order valence-electron chi connectivity index (χ3n) is 4.02. The Kier molecular flexibility index (Phi) is 10.8. The van der Waals surface area contributed by atoms with E-state index in [1.165, 1.54) is 25.1 Å². The van der Waals surface area contributed by atoms with Gasteiger partial charge in [-0.25, -0.2) is 4.79 Å². The van der Waals surface area contributed by atoms with E-state index in [0.717, 1.165) is 0 Å². The lowest BCUT2D eigenvalue weighted by molar-refractivity contribution is -0.156. The molecule has 0 heterocycles. The summed E-state index contributed by atoms with van der Waals surface area (Å²) in [6, 6.07) is 12.9. The largest absolute Gasteiger partial charge is 0.481 e. The molecule has 2 aromatic carbocycles. The number of hydrogen-bond donors (Lipinski definition) is 5. The highest BCUT2D eigenvalue weighted by atomic mass is 35.5. The summed E-state index contributed by atoms with van der Waals surface area (Å²) >= 11 is 11.4. The second-order valence-electron chi connectivity index (χ2n) is 6.57. The maximum atomic E-state index is 11.5. The normalized spacial score (nSPS) is 13.0. The lowest BCUT2D eigenvalue weighted by atomic mass is 10.0. The number of benzene rings is 2. The van der Waals surface area contributed by atoms with Crippen molar-refractivity contribution in [2.75, 3.05) is 5.32 Å². The molecule has 0 saturated carbocycles. The first-order chi connectivity index (χ1) is 14.9. The summed E-state index contributed by atoms with van der Waals surface area (Å²) in [4.78, 5) is 43.8. The van der Waals surface area contributed by atoms with E-state index in [1.807, 2.05) is 6.07 Å². The Balaban J connectivity index is 0.000000330. The van der Waals surface area contributed by atoms with Gasteiger partial charge in [0.25, 0.3) is 5.91 Å². The van der Waals surface area contributed by atoms with Gasteiger partial charge < -0.3 is 25.7 Å². The molecule has 2 aromatic rings. The molecule has 0 aromatic heterocycles. The smallest absolute Gasteiger partial charge is 0.335 e. The molecule has 0 aliphatic heterocycles. The summed E-state index contributed by atoms with van der Waals surface area (Å²) in [7, 11) is 0. The van der Waals surface area contributed by atoms with Crippen LogP contribution in [0.4, 0.5) is 5.69 Å². The minimum atomic E-state index is -2.21. The molecule has 5 N–H and O–H groups in total. The summed E-state index contributed by atoms with van der Waals surface area (Å²) in [5, 5.41) is 37.9. The highest BCUT2D eigenvalue weighted by Crippen LogP contribution is 2.25. The van der Waals surface area contributed by atoms with Crippen molar-refractivity contribution in [1.29, 1.82) is 0 Å². The molecule has 1 amide bonds. The number of carbonyl (C=O) groups is 4. The van der Waals surface area contributed by atoms with E-state index in [-0.39, 0.29) is 22.9 Å². The van der Waals surface area contributed by atoms with Crippen molar-refractivity contribution in [2.45, 2.75) is 25.6 Å². The Morgan fingerprint density at radius 2 is 1.50 bits per heavy atom. The maximum absolute atomic E-state index is 11.5. The van der Waals surface area contributed by atoms with Gasteiger partial charge in [-0.05, 0) is 18.2 Å². The summed E-state index contributed by atoms with van der Waals surface area (Å²) in [6.45, 7) is 1.53. The number of amides is 1. The van der Waals surface area contributed by atoms with Crippen LogP contribution in [0.2, 0.25) is 10.0 Å². The van der Waals surface area contributed by atoms with Gasteiger partial charge >= 0.3 is 11.9 Å². The van der Waals surface area contributed by atoms with Gasteiger partial charge in [-0.15, -0.1) is 0 Å². The minimum Gasteiger partial charge on any atom is -0.481 e. The summed E-state index contributed by atoms with van der Waals surface area (Å²) in [5.74, 6) is -4.48. The number of nitrogens with one attached hydrogen (secondary N) is 1. The van der Waals surface area contributed by atoms with Gasteiger partial charge in [0.2, 0.25) is 0 Å². The van der Waals surface area contributed by atoms with Crippen LogP contribution in [0.15, 0.2) is 48.5 Å². The third kappa shape index (κ3) is 8.64.